The summed E-state index contributed by atoms with van der Waals surface area (Å²) in [5.41, 5.74) is 2.00. The van der Waals surface area contributed by atoms with E-state index in [1.54, 1.807) is 6.07 Å². The molecule has 0 bridgehead atoms. The van der Waals surface area contributed by atoms with Gasteiger partial charge >= 0.3 is 0 Å². The maximum atomic E-state index is 9.84. The van der Waals surface area contributed by atoms with Crippen LogP contribution in [0.25, 0.3) is 10.9 Å². The van der Waals surface area contributed by atoms with Crippen molar-refractivity contribution >= 4 is 10.9 Å². The number of aromatic hydroxyl groups is 1. The molecule has 2 N–H and O–H groups in total. The van der Waals surface area contributed by atoms with E-state index < -0.39 is 0 Å². The molecule has 1 aliphatic rings. The number of phenolic OH excluding ortho intramolecular Hbond substituents is 1. The molecular weight excluding hydrogens is 188 g/mol. The Morgan fingerprint density at radius 3 is 2.87 bits per heavy atom. The first-order valence-corrected chi connectivity index (χ1v) is 5.52. The zero-order valence-corrected chi connectivity index (χ0v) is 8.53. The number of aromatic nitrogens is 2. The Labute approximate surface area is 88.1 Å². The van der Waals surface area contributed by atoms with Gasteiger partial charge < -0.3 is 5.11 Å². The SMILES string of the molecule is Oc1cccc2n[nH]c(C3CCCC3)c12. The van der Waals surface area contributed by atoms with Crippen molar-refractivity contribution in [2.45, 2.75) is 31.6 Å². The molecule has 0 spiro atoms. The molecule has 0 radical (unpaired) electrons. The molecule has 3 rings (SSSR count). The van der Waals surface area contributed by atoms with Crippen LogP contribution in [0.15, 0.2) is 18.2 Å². The summed E-state index contributed by atoms with van der Waals surface area (Å²) in [6.07, 6.45) is 5.01. The lowest BCUT2D eigenvalue weighted by Crippen LogP contribution is -1.93. The van der Waals surface area contributed by atoms with Crippen LogP contribution in [-0.2, 0) is 0 Å². The van der Waals surface area contributed by atoms with Crippen molar-refractivity contribution in [2.75, 3.05) is 0 Å². The highest BCUT2D eigenvalue weighted by molar-refractivity contribution is 5.87. The van der Waals surface area contributed by atoms with Crippen molar-refractivity contribution in [3.05, 3.63) is 23.9 Å². The summed E-state index contributed by atoms with van der Waals surface area (Å²) in [6.45, 7) is 0. The number of hydrogen-bond donors (Lipinski definition) is 2. The topological polar surface area (TPSA) is 48.9 Å². The quantitative estimate of drug-likeness (QED) is 0.747. The fraction of sp³-hybridized carbons (Fsp3) is 0.417. The van der Waals surface area contributed by atoms with Gasteiger partial charge in [0.25, 0.3) is 0 Å². The van der Waals surface area contributed by atoms with Gasteiger partial charge in [-0.3, -0.25) is 5.10 Å². The molecule has 0 saturated heterocycles. The number of rotatable bonds is 1. The Hall–Kier alpha value is -1.51. The number of aromatic amines is 1. The van der Waals surface area contributed by atoms with Crippen molar-refractivity contribution in [3.8, 4) is 5.75 Å². The number of hydrogen-bond acceptors (Lipinski definition) is 2. The first kappa shape index (κ1) is 8.77. The zero-order chi connectivity index (χ0) is 10.3. The monoisotopic (exact) mass is 202 g/mol. The van der Waals surface area contributed by atoms with Crippen LogP contribution < -0.4 is 0 Å². The van der Waals surface area contributed by atoms with Crippen LogP contribution in [0, 0.1) is 0 Å². The predicted octanol–water partition coefficient (Wildman–Crippen LogP) is 2.93. The van der Waals surface area contributed by atoms with Gasteiger partial charge in [0.2, 0.25) is 0 Å². The number of nitrogens with zero attached hydrogens (tertiary/aromatic N) is 1. The largest absolute Gasteiger partial charge is 0.507 e. The molecule has 1 aromatic carbocycles. The van der Waals surface area contributed by atoms with Gasteiger partial charge in [0.05, 0.1) is 10.9 Å². The minimum Gasteiger partial charge on any atom is -0.507 e. The van der Waals surface area contributed by atoms with Gasteiger partial charge in [-0.2, -0.15) is 5.10 Å². The lowest BCUT2D eigenvalue weighted by Gasteiger charge is -2.06. The van der Waals surface area contributed by atoms with Gasteiger partial charge in [0.1, 0.15) is 5.75 Å². The Bertz CT molecular complexity index is 483. The minimum absolute atomic E-state index is 0.350. The summed E-state index contributed by atoms with van der Waals surface area (Å²) in [5.74, 6) is 0.909. The van der Waals surface area contributed by atoms with E-state index in [-0.39, 0.29) is 0 Å². The summed E-state index contributed by atoms with van der Waals surface area (Å²) >= 11 is 0. The molecule has 0 amide bonds. The van der Waals surface area contributed by atoms with E-state index in [1.165, 1.54) is 25.7 Å². The highest BCUT2D eigenvalue weighted by Gasteiger charge is 2.22. The molecule has 1 fully saturated rings. The second-order valence-corrected chi connectivity index (χ2v) is 4.29. The maximum Gasteiger partial charge on any atom is 0.126 e. The van der Waals surface area contributed by atoms with Crippen LogP contribution in [0.5, 0.6) is 5.75 Å². The minimum atomic E-state index is 0.350. The first-order valence-electron chi connectivity index (χ1n) is 5.52. The third-order valence-electron chi connectivity index (χ3n) is 3.35. The highest BCUT2D eigenvalue weighted by Crippen LogP contribution is 2.38. The van der Waals surface area contributed by atoms with Gasteiger partial charge in [-0.25, -0.2) is 0 Å². The molecule has 2 aromatic rings. The number of benzene rings is 1. The van der Waals surface area contributed by atoms with Gasteiger partial charge in [-0.05, 0) is 25.0 Å². The fourth-order valence-corrected chi connectivity index (χ4v) is 2.58. The van der Waals surface area contributed by atoms with Crippen molar-refractivity contribution in [3.63, 3.8) is 0 Å². The van der Waals surface area contributed by atoms with Gasteiger partial charge in [-0.15, -0.1) is 0 Å². The molecule has 1 aliphatic carbocycles. The third kappa shape index (κ3) is 1.30. The molecular formula is C12H14N2O. The summed E-state index contributed by atoms with van der Waals surface area (Å²) < 4.78 is 0. The molecule has 0 atom stereocenters. The van der Waals surface area contributed by atoms with E-state index in [4.69, 9.17) is 0 Å². The van der Waals surface area contributed by atoms with E-state index in [2.05, 4.69) is 10.2 Å². The Kier molecular flexibility index (Phi) is 1.91. The van der Waals surface area contributed by atoms with Crippen LogP contribution in [0.1, 0.15) is 37.3 Å². The summed E-state index contributed by atoms with van der Waals surface area (Å²) in [6, 6.07) is 5.50. The van der Waals surface area contributed by atoms with E-state index in [0.29, 0.717) is 11.7 Å². The third-order valence-corrected chi connectivity index (χ3v) is 3.35. The van der Waals surface area contributed by atoms with E-state index in [0.717, 1.165) is 16.6 Å². The summed E-state index contributed by atoms with van der Waals surface area (Å²) in [7, 11) is 0. The van der Waals surface area contributed by atoms with Crippen molar-refractivity contribution < 1.29 is 5.11 Å². The molecule has 3 nitrogen and oxygen atoms in total. The molecule has 0 aliphatic heterocycles. The van der Waals surface area contributed by atoms with E-state index in [1.807, 2.05) is 12.1 Å². The lowest BCUT2D eigenvalue weighted by atomic mass is 10.0. The maximum absolute atomic E-state index is 9.84. The summed E-state index contributed by atoms with van der Waals surface area (Å²) in [5, 5.41) is 18.1. The number of nitrogens with one attached hydrogen (secondary N) is 1. The van der Waals surface area contributed by atoms with Crippen LogP contribution in [-0.4, -0.2) is 15.3 Å². The van der Waals surface area contributed by atoms with Gasteiger partial charge in [0.15, 0.2) is 0 Å². The van der Waals surface area contributed by atoms with E-state index in [9.17, 15) is 5.11 Å². The van der Waals surface area contributed by atoms with Crippen LogP contribution >= 0.6 is 0 Å². The zero-order valence-electron chi connectivity index (χ0n) is 8.53. The Balaban J connectivity index is 2.18. The van der Waals surface area contributed by atoms with Crippen LogP contribution in [0.3, 0.4) is 0 Å². The molecule has 0 unspecified atom stereocenters. The average Bonchev–Trinajstić information content (AvgIpc) is 2.85. The van der Waals surface area contributed by atoms with Gasteiger partial charge in [-0.1, -0.05) is 18.9 Å². The van der Waals surface area contributed by atoms with Gasteiger partial charge in [0, 0.05) is 11.6 Å². The van der Waals surface area contributed by atoms with Crippen molar-refractivity contribution in [2.24, 2.45) is 0 Å². The molecule has 15 heavy (non-hydrogen) atoms. The first-order chi connectivity index (χ1) is 7.36. The van der Waals surface area contributed by atoms with Crippen molar-refractivity contribution in [1.82, 2.24) is 10.2 Å². The van der Waals surface area contributed by atoms with Crippen LogP contribution in [0.2, 0.25) is 0 Å². The molecule has 3 heteroatoms. The normalized spacial score (nSPS) is 17.6. The number of phenols is 1. The molecule has 1 aromatic heterocycles. The Morgan fingerprint density at radius 2 is 2.07 bits per heavy atom. The standard InChI is InChI=1S/C12H14N2O/c15-10-7-3-6-9-11(10)12(14-13-9)8-4-1-2-5-8/h3,6-8,15H,1-2,4-5H2,(H,13,14). The Morgan fingerprint density at radius 1 is 1.27 bits per heavy atom. The predicted molar refractivity (Wildman–Crippen MR) is 59.0 cm³/mol. The highest BCUT2D eigenvalue weighted by atomic mass is 16.3. The van der Waals surface area contributed by atoms with Crippen LogP contribution in [0.4, 0.5) is 0 Å². The molecule has 78 valence electrons. The number of H-pyrrole nitrogens is 1. The second-order valence-electron chi connectivity index (χ2n) is 4.29. The number of fused-ring (bicyclic) bond motifs is 1. The lowest BCUT2D eigenvalue weighted by molar-refractivity contribution is 0.480. The molecule has 1 heterocycles. The van der Waals surface area contributed by atoms with Crippen molar-refractivity contribution in [1.29, 1.82) is 0 Å². The fourth-order valence-electron chi connectivity index (χ4n) is 2.58. The smallest absolute Gasteiger partial charge is 0.126 e. The average molecular weight is 202 g/mol. The molecule has 1 saturated carbocycles. The second kappa shape index (κ2) is 3.26. The van der Waals surface area contributed by atoms with E-state index >= 15 is 0 Å². The summed E-state index contributed by atoms with van der Waals surface area (Å²) in [4.78, 5) is 0.